The van der Waals surface area contributed by atoms with Crippen molar-refractivity contribution < 1.29 is 9.53 Å². The molecule has 1 fully saturated rings. The van der Waals surface area contributed by atoms with Crippen LogP contribution in [0.5, 0.6) is 0 Å². The van der Waals surface area contributed by atoms with E-state index in [0.29, 0.717) is 6.42 Å². The fraction of sp³-hybridized carbons (Fsp3) is 0.588. The normalized spacial score (nSPS) is 15.9. The van der Waals surface area contributed by atoms with Crippen molar-refractivity contribution in [2.24, 2.45) is 0 Å². The Balaban J connectivity index is 1.55. The number of rotatable bonds is 7. The number of hydrogen-bond acceptors (Lipinski definition) is 3. The van der Waals surface area contributed by atoms with Crippen LogP contribution in [0.25, 0.3) is 0 Å². The van der Waals surface area contributed by atoms with Crippen LogP contribution >= 0.6 is 0 Å². The molecule has 0 spiro atoms. The molecule has 1 aromatic rings. The Labute approximate surface area is 127 Å². The van der Waals surface area contributed by atoms with E-state index in [4.69, 9.17) is 4.74 Å². The van der Waals surface area contributed by atoms with Gasteiger partial charge < -0.3 is 10.1 Å². The molecule has 116 valence electrons. The molecule has 0 unspecified atom stereocenters. The predicted molar refractivity (Wildman–Crippen MR) is 84.4 cm³/mol. The minimum Gasteiger partial charge on any atom is -0.379 e. The van der Waals surface area contributed by atoms with E-state index in [0.717, 1.165) is 52.2 Å². The first-order valence-corrected chi connectivity index (χ1v) is 7.86. The van der Waals surface area contributed by atoms with Crippen molar-refractivity contribution in [2.45, 2.75) is 26.2 Å². The molecule has 2 rings (SSSR count). The number of nitrogens with zero attached hydrogens (tertiary/aromatic N) is 1. The topological polar surface area (TPSA) is 41.6 Å². The molecule has 1 amide bonds. The van der Waals surface area contributed by atoms with Crippen molar-refractivity contribution >= 4 is 5.91 Å². The maximum atomic E-state index is 11.8. The van der Waals surface area contributed by atoms with Crippen molar-refractivity contribution in [3.63, 3.8) is 0 Å². The minimum absolute atomic E-state index is 0.151. The summed E-state index contributed by atoms with van der Waals surface area (Å²) in [6, 6.07) is 8.35. The quantitative estimate of drug-likeness (QED) is 0.778. The summed E-state index contributed by atoms with van der Waals surface area (Å²) in [7, 11) is 0. The third-order valence-corrected chi connectivity index (χ3v) is 3.80. The van der Waals surface area contributed by atoms with Crippen LogP contribution in [-0.4, -0.2) is 50.2 Å². The van der Waals surface area contributed by atoms with E-state index >= 15 is 0 Å². The number of hydrogen-bond donors (Lipinski definition) is 1. The van der Waals surface area contributed by atoms with Crippen LogP contribution in [0.3, 0.4) is 0 Å². The second-order valence-corrected chi connectivity index (χ2v) is 5.65. The number of aryl methyl sites for hydroxylation is 2. The molecule has 0 aromatic heterocycles. The zero-order valence-corrected chi connectivity index (χ0v) is 12.9. The summed E-state index contributed by atoms with van der Waals surface area (Å²) in [6.45, 7) is 7.59. The third-order valence-electron chi connectivity index (χ3n) is 3.80. The molecule has 0 saturated carbocycles. The molecular formula is C17H26N2O2. The summed E-state index contributed by atoms with van der Waals surface area (Å²) < 4.78 is 5.32. The van der Waals surface area contributed by atoms with E-state index in [2.05, 4.69) is 35.3 Å². The Morgan fingerprint density at radius 1 is 1.33 bits per heavy atom. The molecule has 4 heteroatoms. The Kier molecular flexibility index (Phi) is 6.70. The largest absolute Gasteiger partial charge is 0.379 e. The predicted octanol–water partition coefficient (Wildman–Crippen LogP) is 1.77. The Morgan fingerprint density at radius 2 is 2.14 bits per heavy atom. The number of benzene rings is 1. The van der Waals surface area contributed by atoms with Crippen LogP contribution in [0.4, 0.5) is 0 Å². The van der Waals surface area contributed by atoms with Crippen LogP contribution in [0, 0.1) is 6.92 Å². The highest BCUT2D eigenvalue weighted by Gasteiger charge is 2.09. The van der Waals surface area contributed by atoms with Gasteiger partial charge in [-0.05, 0) is 31.9 Å². The fourth-order valence-electron chi connectivity index (χ4n) is 2.57. The van der Waals surface area contributed by atoms with Crippen molar-refractivity contribution in [3.05, 3.63) is 35.4 Å². The van der Waals surface area contributed by atoms with E-state index in [-0.39, 0.29) is 5.91 Å². The maximum Gasteiger partial charge on any atom is 0.220 e. The molecule has 1 saturated heterocycles. The lowest BCUT2D eigenvalue weighted by Crippen LogP contribution is -2.38. The van der Waals surface area contributed by atoms with E-state index in [9.17, 15) is 4.79 Å². The van der Waals surface area contributed by atoms with Gasteiger partial charge in [-0.3, -0.25) is 9.69 Å². The van der Waals surface area contributed by atoms with Crippen molar-refractivity contribution in [1.29, 1.82) is 0 Å². The van der Waals surface area contributed by atoms with Crippen molar-refractivity contribution in [2.75, 3.05) is 39.4 Å². The molecule has 21 heavy (non-hydrogen) atoms. The lowest BCUT2D eigenvalue weighted by Gasteiger charge is -2.26. The van der Waals surface area contributed by atoms with Gasteiger partial charge in [-0.25, -0.2) is 0 Å². The molecule has 0 radical (unpaired) electrons. The fourth-order valence-corrected chi connectivity index (χ4v) is 2.57. The van der Waals surface area contributed by atoms with Gasteiger partial charge in [-0.1, -0.05) is 29.8 Å². The van der Waals surface area contributed by atoms with Gasteiger partial charge in [0.05, 0.1) is 13.2 Å². The molecule has 4 nitrogen and oxygen atoms in total. The van der Waals surface area contributed by atoms with Crippen LogP contribution in [0.2, 0.25) is 0 Å². The van der Waals surface area contributed by atoms with E-state index in [1.165, 1.54) is 11.1 Å². The summed E-state index contributed by atoms with van der Waals surface area (Å²) in [5.41, 5.74) is 2.48. The highest BCUT2D eigenvalue weighted by Crippen LogP contribution is 2.06. The number of carbonyl (C=O) groups excluding carboxylic acids is 1. The van der Waals surface area contributed by atoms with Crippen LogP contribution in [0.1, 0.15) is 24.0 Å². The van der Waals surface area contributed by atoms with Crippen LogP contribution < -0.4 is 5.32 Å². The lowest BCUT2D eigenvalue weighted by molar-refractivity contribution is -0.121. The van der Waals surface area contributed by atoms with Crippen LogP contribution in [0.15, 0.2) is 24.3 Å². The number of nitrogens with one attached hydrogen (secondary N) is 1. The summed E-state index contributed by atoms with van der Waals surface area (Å²) in [5, 5.41) is 3.01. The average Bonchev–Trinajstić information content (AvgIpc) is 2.51. The van der Waals surface area contributed by atoms with Crippen molar-refractivity contribution in [3.8, 4) is 0 Å². The van der Waals surface area contributed by atoms with Gasteiger partial charge in [0.2, 0.25) is 5.91 Å². The SMILES string of the molecule is Cc1cccc(CCC(=O)NCCCN2CCOCC2)c1. The zero-order chi connectivity index (χ0) is 14.9. The van der Waals surface area contributed by atoms with Crippen molar-refractivity contribution in [1.82, 2.24) is 10.2 Å². The highest BCUT2D eigenvalue weighted by atomic mass is 16.5. The Morgan fingerprint density at radius 3 is 2.90 bits per heavy atom. The van der Waals surface area contributed by atoms with Gasteiger partial charge in [0.15, 0.2) is 0 Å². The summed E-state index contributed by atoms with van der Waals surface area (Å²) in [6.07, 6.45) is 2.40. The molecule has 0 atom stereocenters. The van der Waals surface area contributed by atoms with Gasteiger partial charge >= 0.3 is 0 Å². The molecule has 1 aliphatic heterocycles. The number of morpholine rings is 1. The van der Waals surface area contributed by atoms with Gasteiger partial charge in [0, 0.05) is 26.1 Å². The number of ether oxygens (including phenoxy) is 1. The second kappa shape index (κ2) is 8.80. The smallest absolute Gasteiger partial charge is 0.220 e. The summed E-state index contributed by atoms with van der Waals surface area (Å²) in [4.78, 5) is 14.2. The molecular weight excluding hydrogens is 264 g/mol. The van der Waals surface area contributed by atoms with Gasteiger partial charge in [0.1, 0.15) is 0 Å². The van der Waals surface area contributed by atoms with E-state index < -0.39 is 0 Å². The van der Waals surface area contributed by atoms with Gasteiger partial charge in [-0.15, -0.1) is 0 Å². The van der Waals surface area contributed by atoms with Crippen LogP contribution in [-0.2, 0) is 16.0 Å². The first kappa shape index (κ1) is 16.0. The molecule has 0 bridgehead atoms. The minimum atomic E-state index is 0.151. The summed E-state index contributed by atoms with van der Waals surface area (Å²) >= 11 is 0. The van der Waals surface area contributed by atoms with Gasteiger partial charge in [0.25, 0.3) is 0 Å². The monoisotopic (exact) mass is 290 g/mol. The third kappa shape index (κ3) is 6.27. The first-order valence-electron chi connectivity index (χ1n) is 7.86. The molecule has 1 aliphatic rings. The molecule has 1 heterocycles. The second-order valence-electron chi connectivity index (χ2n) is 5.65. The Bertz CT molecular complexity index is 442. The van der Waals surface area contributed by atoms with E-state index in [1.807, 2.05) is 6.07 Å². The van der Waals surface area contributed by atoms with E-state index in [1.54, 1.807) is 0 Å². The molecule has 1 aromatic carbocycles. The molecule has 0 aliphatic carbocycles. The number of amides is 1. The molecule has 1 N–H and O–H groups in total. The first-order chi connectivity index (χ1) is 10.2. The Hall–Kier alpha value is -1.39. The number of carbonyl (C=O) groups is 1. The summed E-state index contributed by atoms with van der Waals surface area (Å²) in [5.74, 6) is 0.151. The maximum absolute atomic E-state index is 11.8. The average molecular weight is 290 g/mol. The zero-order valence-electron chi connectivity index (χ0n) is 12.9. The highest BCUT2D eigenvalue weighted by molar-refractivity contribution is 5.76. The lowest BCUT2D eigenvalue weighted by atomic mass is 10.1. The standard InChI is InChI=1S/C17H26N2O2/c1-15-4-2-5-16(14-15)6-7-17(20)18-8-3-9-19-10-12-21-13-11-19/h2,4-5,14H,3,6-13H2,1H3,(H,18,20). The van der Waals surface area contributed by atoms with Gasteiger partial charge in [-0.2, -0.15) is 0 Å².